The number of fused-ring (bicyclic) bond motifs is 3. The number of aliphatic hydroxyl groups excluding tert-OH is 3. The van der Waals surface area contributed by atoms with Gasteiger partial charge in [-0.15, -0.1) is 0 Å². The van der Waals surface area contributed by atoms with E-state index in [0.29, 0.717) is 5.92 Å². The largest absolute Gasteiger partial charge is 0.393 e. The Bertz CT molecular complexity index is 541. The van der Waals surface area contributed by atoms with E-state index in [1.807, 2.05) is 0 Å². The predicted molar refractivity (Wildman–Crippen MR) is 89.7 cm³/mol. The maximum Gasteiger partial charge on any atom is 0.0835 e. The quantitative estimate of drug-likeness (QED) is 0.602. The van der Waals surface area contributed by atoms with Crippen LogP contribution < -0.4 is 0 Å². The van der Waals surface area contributed by atoms with Crippen molar-refractivity contribution >= 4 is 0 Å². The molecule has 3 heteroatoms. The van der Waals surface area contributed by atoms with Crippen LogP contribution in [0, 0.1) is 34.0 Å². The van der Waals surface area contributed by atoms with Gasteiger partial charge in [-0.25, -0.2) is 0 Å². The number of aliphatic hydroxyl groups is 3. The van der Waals surface area contributed by atoms with Crippen molar-refractivity contribution in [2.75, 3.05) is 0 Å². The molecule has 1 spiro atoms. The van der Waals surface area contributed by atoms with Gasteiger partial charge in [-0.2, -0.15) is 0 Å². The second-order valence-electron chi connectivity index (χ2n) is 9.92. The fourth-order valence-electron chi connectivity index (χ4n) is 7.91. The Labute approximate surface area is 139 Å². The molecule has 3 nitrogen and oxygen atoms in total. The van der Waals surface area contributed by atoms with Crippen molar-refractivity contribution in [3.63, 3.8) is 0 Å². The fourth-order valence-corrected chi connectivity index (χ4v) is 7.91. The first-order valence-electron chi connectivity index (χ1n) is 9.37. The van der Waals surface area contributed by atoms with E-state index in [4.69, 9.17) is 0 Å². The first kappa shape index (κ1) is 16.1. The van der Waals surface area contributed by atoms with Crippen molar-refractivity contribution in [1.29, 1.82) is 0 Å². The lowest BCUT2D eigenvalue weighted by atomic mass is 9.40. The van der Waals surface area contributed by atoms with Crippen LogP contribution in [0.1, 0.15) is 59.3 Å². The van der Waals surface area contributed by atoms with Gasteiger partial charge in [0.05, 0.1) is 18.3 Å². The molecular weight excluding hydrogens is 288 g/mol. The van der Waals surface area contributed by atoms with Crippen molar-refractivity contribution in [3.8, 4) is 0 Å². The zero-order chi connectivity index (χ0) is 16.8. The summed E-state index contributed by atoms with van der Waals surface area (Å²) in [4.78, 5) is 0. The van der Waals surface area contributed by atoms with Gasteiger partial charge in [-0.3, -0.25) is 0 Å². The summed E-state index contributed by atoms with van der Waals surface area (Å²) in [6.45, 7) is 11.0. The van der Waals surface area contributed by atoms with Gasteiger partial charge in [0.2, 0.25) is 0 Å². The van der Waals surface area contributed by atoms with E-state index in [9.17, 15) is 15.3 Å². The van der Waals surface area contributed by atoms with Gasteiger partial charge in [0.1, 0.15) is 0 Å². The van der Waals surface area contributed by atoms with Gasteiger partial charge >= 0.3 is 0 Å². The SMILES string of the molecule is C=C1[C@@H]2CC[C@H]3[C@]4(C)C[C@H](O)CC(C)(C)[C@H]4CC[C@]3([C@@H]2O)[C@H]1O. The molecule has 0 amide bonds. The van der Waals surface area contributed by atoms with Gasteiger partial charge in [0.25, 0.3) is 0 Å². The molecule has 23 heavy (non-hydrogen) atoms. The molecule has 4 rings (SSSR count). The maximum atomic E-state index is 11.1. The van der Waals surface area contributed by atoms with Crippen LogP contribution in [0.3, 0.4) is 0 Å². The molecule has 0 aromatic carbocycles. The van der Waals surface area contributed by atoms with Crippen molar-refractivity contribution in [3.05, 3.63) is 12.2 Å². The molecule has 0 saturated heterocycles. The smallest absolute Gasteiger partial charge is 0.0835 e. The minimum atomic E-state index is -0.574. The maximum absolute atomic E-state index is 11.1. The van der Waals surface area contributed by atoms with Crippen LogP contribution >= 0.6 is 0 Å². The van der Waals surface area contributed by atoms with Gasteiger partial charge in [-0.1, -0.05) is 27.4 Å². The van der Waals surface area contributed by atoms with Crippen molar-refractivity contribution in [2.24, 2.45) is 34.0 Å². The molecule has 4 saturated carbocycles. The third-order valence-corrected chi connectivity index (χ3v) is 8.52. The lowest BCUT2D eigenvalue weighted by Gasteiger charge is -2.65. The van der Waals surface area contributed by atoms with E-state index in [1.165, 1.54) is 0 Å². The van der Waals surface area contributed by atoms with E-state index in [-0.39, 0.29) is 28.8 Å². The van der Waals surface area contributed by atoms with Gasteiger partial charge in [-0.05, 0) is 66.8 Å². The lowest BCUT2D eigenvalue weighted by Crippen LogP contribution is -2.63. The average Bonchev–Trinajstić information content (AvgIpc) is 2.55. The molecule has 4 fully saturated rings. The van der Waals surface area contributed by atoms with E-state index in [0.717, 1.165) is 44.1 Å². The van der Waals surface area contributed by atoms with E-state index >= 15 is 0 Å². The van der Waals surface area contributed by atoms with Crippen LogP contribution in [0.4, 0.5) is 0 Å². The number of rotatable bonds is 0. The Hall–Kier alpha value is -0.380. The molecule has 0 unspecified atom stereocenters. The number of hydrogen-bond acceptors (Lipinski definition) is 3. The predicted octanol–water partition coefficient (Wildman–Crippen LogP) is 2.89. The summed E-state index contributed by atoms with van der Waals surface area (Å²) in [6, 6.07) is 0. The molecule has 8 atom stereocenters. The van der Waals surface area contributed by atoms with Crippen LogP contribution in [0.15, 0.2) is 12.2 Å². The first-order chi connectivity index (χ1) is 10.6. The zero-order valence-electron chi connectivity index (χ0n) is 14.8. The Kier molecular flexibility index (Phi) is 3.23. The summed E-state index contributed by atoms with van der Waals surface area (Å²) >= 11 is 0. The zero-order valence-corrected chi connectivity index (χ0v) is 14.8. The normalized spacial score (nSPS) is 57.7. The molecule has 0 radical (unpaired) electrons. The molecule has 3 N–H and O–H groups in total. The van der Waals surface area contributed by atoms with E-state index in [1.54, 1.807) is 0 Å². The highest BCUT2D eigenvalue weighted by atomic mass is 16.3. The summed E-state index contributed by atoms with van der Waals surface area (Å²) in [5, 5.41) is 32.6. The molecule has 0 aromatic heterocycles. The van der Waals surface area contributed by atoms with E-state index < -0.39 is 17.6 Å². The Morgan fingerprint density at radius 2 is 1.65 bits per heavy atom. The monoisotopic (exact) mass is 320 g/mol. The third kappa shape index (κ3) is 1.77. The van der Waals surface area contributed by atoms with Gasteiger partial charge in [0, 0.05) is 11.3 Å². The minimum absolute atomic E-state index is 0.00301. The minimum Gasteiger partial charge on any atom is -0.393 e. The molecule has 0 aliphatic heterocycles. The highest BCUT2D eigenvalue weighted by Gasteiger charge is 2.70. The highest BCUT2D eigenvalue weighted by molar-refractivity contribution is 5.30. The Morgan fingerprint density at radius 3 is 2.35 bits per heavy atom. The first-order valence-corrected chi connectivity index (χ1v) is 9.37. The topological polar surface area (TPSA) is 60.7 Å². The van der Waals surface area contributed by atoms with E-state index in [2.05, 4.69) is 27.4 Å². The van der Waals surface area contributed by atoms with Crippen LogP contribution in [0.25, 0.3) is 0 Å². The van der Waals surface area contributed by atoms with Crippen LogP contribution in [0.5, 0.6) is 0 Å². The Morgan fingerprint density at radius 1 is 0.957 bits per heavy atom. The van der Waals surface area contributed by atoms with Gasteiger partial charge in [0.15, 0.2) is 0 Å². The van der Waals surface area contributed by atoms with Crippen LogP contribution in [0.2, 0.25) is 0 Å². The second kappa shape index (κ2) is 4.62. The fraction of sp³-hybridized carbons (Fsp3) is 0.900. The summed E-state index contributed by atoms with van der Waals surface area (Å²) < 4.78 is 0. The van der Waals surface area contributed by atoms with Crippen molar-refractivity contribution in [1.82, 2.24) is 0 Å². The molecule has 2 bridgehead atoms. The average molecular weight is 320 g/mol. The molecule has 130 valence electrons. The molecule has 0 heterocycles. The van der Waals surface area contributed by atoms with Crippen molar-refractivity contribution < 1.29 is 15.3 Å². The van der Waals surface area contributed by atoms with Gasteiger partial charge < -0.3 is 15.3 Å². The number of hydrogen-bond donors (Lipinski definition) is 3. The standard InChI is InChI=1S/C20H32O3/c1-11-13-5-6-15-19(4)10-12(21)9-18(2,3)14(19)7-8-20(15,16(11)22)17(13)23/h12-17,21-23H,1,5-10H2,2-4H3/t12-,13+,14-,15+,16+,17-,19-,20-/m1/s1. The molecule has 4 aliphatic carbocycles. The third-order valence-electron chi connectivity index (χ3n) is 8.52. The molecule has 0 aromatic rings. The summed E-state index contributed by atoms with van der Waals surface area (Å²) in [5.74, 6) is 0.908. The summed E-state index contributed by atoms with van der Waals surface area (Å²) in [5.41, 5.74) is 0.559. The Balaban J connectivity index is 1.82. The van der Waals surface area contributed by atoms with Crippen LogP contribution in [-0.2, 0) is 0 Å². The molecular formula is C20H32O3. The van der Waals surface area contributed by atoms with Crippen LogP contribution in [-0.4, -0.2) is 33.6 Å². The highest BCUT2D eigenvalue weighted by Crippen LogP contribution is 2.71. The summed E-state index contributed by atoms with van der Waals surface area (Å²) in [7, 11) is 0. The molecule has 4 aliphatic rings. The lowest BCUT2D eigenvalue weighted by molar-refractivity contribution is -0.218. The second-order valence-corrected chi connectivity index (χ2v) is 9.92. The summed E-state index contributed by atoms with van der Waals surface area (Å²) in [6.07, 6.45) is 4.31. The van der Waals surface area contributed by atoms with Crippen molar-refractivity contribution in [2.45, 2.75) is 77.6 Å².